The van der Waals surface area contributed by atoms with Gasteiger partial charge in [-0.05, 0) is 37.9 Å². The highest BCUT2D eigenvalue weighted by molar-refractivity contribution is 5.90. The van der Waals surface area contributed by atoms with Gasteiger partial charge in [0.25, 0.3) is 5.91 Å². The maximum atomic E-state index is 10.9. The van der Waals surface area contributed by atoms with Crippen LogP contribution >= 0.6 is 0 Å². The summed E-state index contributed by atoms with van der Waals surface area (Å²) in [5.41, 5.74) is 5.32. The zero-order chi connectivity index (χ0) is 13.7. The van der Waals surface area contributed by atoms with Crippen LogP contribution in [0.2, 0.25) is 0 Å². The normalized spacial score (nSPS) is 17.3. The first-order valence-corrected chi connectivity index (χ1v) is 6.81. The van der Waals surface area contributed by atoms with E-state index in [0.717, 1.165) is 25.9 Å². The predicted octanol–water partition coefficient (Wildman–Crippen LogP) is 0.862. The van der Waals surface area contributed by atoms with Gasteiger partial charge in [-0.15, -0.1) is 10.2 Å². The SMILES string of the molecule is CCCN1CCC(Nc2ccc(C(N)=O)nn2)CC1. The van der Waals surface area contributed by atoms with Gasteiger partial charge in [0.1, 0.15) is 5.82 Å². The minimum atomic E-state index is -0.549. The minimum Gasteiger partial charge on any atom is -0.366 e. The number of nitrogens with one attached hydrogen (secondary N) is 1. The molecule has 0 bridgehead atoms. The van der Waals surface area contributed by atoms with Gasteiger partial charge >= 0.3 is 0 Å². The van der Waals surface area contributed by atoms with Gasteiger partial charge in [-0.2, -0.15) is 0 Å². The number of carbonyl (C=O) groups is 1. The number of carbonyl (C=O) groups excluding carboxylic acids is 1. The summed E-state index contributed by atoms with van der Waals surface area (Å²) in [6.07, 6.45) is 3.43. The van der Waals surface area contributed by atoms with Gasteiger partial charge in [0.2, 0.25) is 0 Å². The molecule has 0 spiro atoms. The van der Waals surface area contributed by atoms with E-state index >= 15 is 0 Å². The summed E-state index contributed by atoms with van der Waals surface area (Å²) in [4.78, 5) is 13.4. The molecule has 0 aliphatic carbocycles. The molecule has 0 aromatic carbocycles. The fourth-order valence-electron chi connectivity index (χ4n) is 2.37. The average molecular weight is 263 g/mol. The molecule has 1 aromatic heterocycles. The van der Waals surface area contributed by atoms with Crippen LogP contribution in [0.5, 0.6) is 0 Å². The summed E-state index contributed by atoms with van der Waals surface area (Å²) < 4.78 is 0. The lowest BCUT2D eigenvalue weighted by molar-refractivity contribution is 0.0994. The van der Waals surface area contributed by atoms with Crippen molar-refractivity contribution in [3.8, 4) is 0 Å². The minimum absolute atomic E-state index is 0.198. The number of rotatable bonds is 5. The van der Waals surface area contributed by atoms with Crippen LogP contribution in [0.3, 0.4) is 0 Å². The molecule has 1 aliphatic rings. The van der Waals surface area contributed by atoms with Crippen molar-refractivity contribution >= 4 is 11.7 Å². The number of nitrogens with two attached hydrogens (primary N) is 1. The third kappa shape index (κ3) is 3.89. The van der Waals surface area contributed by atoms with Gasteiger partial charge < -0.3 is 16.0 Å². The molecule has 6 heteroatoms. The molecule has 6 nitrogen and oxygen atoms in total. The number of anilines is 1. The lowest BCUT2D eigenvalue weighted by Crippen LogP contribution is -2.39. The monoisotopic (exact) mass is 263 g/mol. The van der Waals surface area contributed by atoms with Gasteiger partial charge in [0, 0.05) is 19.1 Å². The third-order valence-corrected chi connectivity index (χ3v) is 3.40. The maximum absolute atomic E-state index is 10.9. The Hall–Kier alpha value is -1.69. The van der Waals surface area contributed by atoms with Crippen molar-refractivity contribution in [3.05, 3.63) is 17.8 Å². The number of nitrogens with zero attached hydrogens (tertiary/aromatic N) is 3. The lowest BCUT2D eigenvalue weighted by Gasteiger charge is -2.32. The summed E-state index contributed by atoms with van der Waals surface area (Å²) in [5, 5.41) is 11.1. The third-order valence-electron chi connectivity index (χ3n) is 3.40. The second-order valence-corrected chi connectivity index (χ2v) is 4.93. The zero-order valence-electron chi connectivity index (χ0n) is 11.3. The van der Waals surface area contributed by atoms with Crippen LogP contribution in [0, 0.1) is 0 Å². The Kier molecular flexibility index (Phi) is 4.68. The van der Waals surface area contributed by atoms with Gasteiger partial charge in [-0.1, -0.05) is 6.92 Å². The molecule has 19 heavy (non-hydrogen) atoms. The van der Waals surface area contributed by atoms with Crippen LogP contribution in [-0.4, -0.2) is 46.7 Å². The molecule has 1 amide bonds. The van der Waals surface area contributed by atoms with E-state index in [1.165, 1.54) is 13.0 Å². The fourth-order valence-corrected chi connectivity index (χ4v) is 2.37. The van der Waals surface area contributed by atoms with Crippen LogP contribution in [-0.2, 0) is 0 Å². The second-order valence-electron chi connectivity index (χ2n) is 4.93. The van der Waals surface area contributed by atoms with Crippen molar-refractivity contribution in [2.45, 2.75) is 32.2 Å². The summed E-state index contributed by atoms with van der Waals surface area (Å²) in [6, 6.07) is 3.79. The van der Waals surface area contributed by atoms with Crippen molar-refractivity contribution < 1.29 is 4.79 Å². The van der Waals surface area contributed by atoms with E-state index in [1.807, 2.05) is 0 Å². The molecule has 104 valence electrons. The summed E-state index contributed by atoms with van der Waals surface area (Å²) >= 11 is 0. The van der Waals surface area contributed by atoms with Gasteiger partial charge in [0.15, 0.2) is 5.69 Å². The predicted molar refractivity (Wildman–Crippen MR) is 73.9 cm³/mol. The number of hydrogen-bond donors (Lipinski definition) is 2. The van der Waals surface area contributed by atoms with E-state index in [2.05, 4.69) is 27.3 Å². The van der Waals surface area contributed by atoms with Crippen molar-refractivity contribution in [2.75, 3.05) is 25.0 Å². The molecule has 1 saturated heterocycles. The smallest absolute Gasteiger partial charge is 0.269 e. The number of piperidine rings is 1. The van der Waals surface area contributed by atoms with Crippen molar-refractivity contribution in [1.82, 2.24) is 15.1 Å². The summed E-state index contributed by atoms with van der Waals surface area (Å²) in [6.45, 7) is 5.64. The Morgan fingerprint density at radius 1 is 1.42 bits per heavy atom. The van der Waals surface area contributed by atoms with E-state index < -0.39 is 5.91 Å². The highest BCUT2D eigenvalue weighted by atomic mass is 16.1. The molecular formula is C13H21N5O. The topological polar surface area (TPSA) is 84.1 Å². The van der Waals surface area contributed by atoms with Gasteiger partial charge in [-0.3, -0.25) is 4.79 Å². The quantitative estimate of drug-likeness (QED) is 0.823. The molecule has 0 radical (unpaired) electrons. The van der Waals surface area contributed by atoms with E-state index in [0.29, 0.717) is 11.9 Å². The molecule has 1 fully saturated rings. The Balaban J connectivity index is 1.83. The Bertz CT molecular complexity index is 412. The first kappa shape index (κ1) is 13.7. The first-order valence-electron chi connectivity index (χ1n) is 6.81. The first-order chi connectivity index (χ1) is 9.19. The van der Waals surface area contributed by atoms with Crippen LogP contribution in [0.15, 0.2) is 12.1 Å². The molecule has 0 saturated carbocycles. The molecule has 2 heterocycles. The standard InChI is InChI=1S/C13H21N5O/c1-2-7-18-8-5-10(6-9-18)15-12-4-3-11(13(14)19)16-17-12/h3-4,10H,2,5-9H2,1H3,(H2,14,19)(H,15,17). The summed E-state index contributed by atoms with van der Waals surface area (Å²) in [5.74, 6) is 0.158. The zero-order valence-corrected chi connectivity index (χ0v) is 11.3. The summed E-state index contributed by atoms with van der Waals surface area (Å²) in [7, 11) is 0. The second kappa shape index (κ2) is 6.47. The number of aromatic nitrogens is 2. The number of hydrogen-bond acceptors (Lipinski definition) is 5. The number of primary amides is 1. The molecule has 3 N–H and O–H groups in total. The molecule has 1 aliphatic heterocycles. The fraction of sp³-hybridized carbons (Fsp3) is 0.615. The Morgan fingerprint density at radius 3 is 2.68 bits per heavy atom. The van der Waals surface area contributed by atoms with E-state index in [4.69, 9.17) is 5.73 Å². The van der Waals surface area contributed by atoms with Crippen LogP contribution in [0.4, 0.5) is 5.82 Å². The van der Waals surface area contributed by atoms with Crippen molar-refractivity contribution in [3.63, 3.8) is 0 Å². The molecular weight excluding hydrogens is 242 g/mol. The van der Waals surface area contributed by atoms with Crippen molar-refractivity contribution in [2.24, 2.45) is 5.73 Å². The highest BCUT2D eigenvalue weighted by Crippen LogP contribution is 2.15. The van der Waals surface area contributed by atoms with E-state index in [9.17, 15) is 4.79 Å². The van der Waals surface area contributed by atoms with Crippen LogP contribution < -0.4 is 11.1 Å². The number of amides is 1. The van der Waals surface area contributed by atoms with E-state index in [1.54, 1.807) is 12.1 Å². The average Bonchev–Trinajstić information content (AvgIpc) is 2.42. The number of likely N-dealkylation sites (tertiary alicyclic amines) is 1. The van der Waals surface area contributed by atoms with Crippen LogP contribution in [0.1, 0.15) is 36.7 Å². The Labute approximate surface area is 113 Å². The van der Waals surface area contributed by atoms with Crippen molar-refractivity contribution in [1.29, 1.82) is 0 Å². The Morgan fingerprint density at radius 2 is 2.16 bits per heavy atom. The van der Waals surface area contributed by atoms with Crippen LogP contribution in [0.25, 0.3) is 0 Å². The molecule has 0 atom stereocenters. The molecule has 2 rings (SSSR count). The van der Waals surface area contributed by atoms with Gasteiger partial charge in [-0.25, -0.2) is 0 Å². The molecule has 0 unspecified atom stereocenters. The van der Waals surface area contributed by atoms with E-state index in [-0.39, 0.29) is 5.69 Å². The highest BCUT2D eigenvalue weighted by Gasteiger charge is 2.18. The molecule has 1 aromatic rings. The van der Waals surface area contributed by atoms with Gasteiger partial charge in [0.05, 0.1) is 0 Å². The largest absolute Gasteiger partial charge is 0.366 e. The maximum Gasteiger partial charge on any atom is 0.269 e. The lowest BCUT2D eigenvalue weighted by atomic mass is 10.0.